The molecule has 0 amide bonds. The second kappa shape index (κ2) is 4.91. The van der Waals surface area contributed by atoms with Crippen LogP contribution < -0.4 is 5.32 Å². The van der Waals surface area contributed by atoms with E-state index in [1.165, 1.54) is 30.2 Å². The number of nitrogens with one attached hydrogen (secondary N) is 1. The molecule has 1 nitrogen and oxygen atoms in total. The van der Waals surface area contributed by atoms with Crippen LogP contribution in [-0.4, -0.2) is 7.05 Å². The normalized spacial score (nSPS) is 17.7. The molecule has 1 unspecified atom stereocenters. The molecule has 0 aliphatic heterocycles. The summed E-state index contributed by atoms with van der Waals surface area (Å²) in [6.45, 7) is 0. The smallest absolute Gasteiger partial charge is 0.0484 e. The third-order valence-electron chi connectivity index (χ3n) is 4.17. The Kier molecular flexibility index (Phi) is 3.27. The number of benzene rings is 2. The second-order valence-corrected chi connectivity index (χ2v) is 5.55. The van der Waals surface area contributed by atoms with Gasteiger partial charge in [0.15, 0.2) is 0 Å². The molecule has 1 aliphatic carbocycles. The van der Waals surface area contributed by atoms with Crippen LogP contribution in [0.15, 0.2) is 36.4 Å². The van der Waals surface area contributed by atoms with Gasteiger partial charge in [-0.1, -0.05) is 48.4 Å². The van der Waals surface area contributed by atoms with E-state index in [0.717, 1.165) is 16.3 Å². The van der Waals surface area contributed by atoms with E-state index in [-0.39, 0.29) is 0 Å². The van der Waals surface area contributed by atoms with Gasteiger partial charge in [-0.05, 0) is 42.8 Å². The zero-order valence-electron chi connectivity index (χ0n) is 10.6. The maximum Gasteiger partial charge on any atom is 0.0484 e. The van der Waals surface area contributed by atoms with Gasteiger partial charge in [-0.3, -0.25) is 0 Å². The molecule has 2 aromatic rings. The first kappa shape index (κ1) is 12.0. The van der Waals surface area contributed by atoms with Crippen molar-refractivity contribution in [1.29, 1.82) is 0 Å². The van der Waals surface area contributed by atoms with Gasteiger partial charge in [0, 0.05) is 16.5 Å². The van der Waals surface area contributed by atoms with Gasteiger partial charge in [0.05, 0.1) is 0 Å². The van der Waals surface area contributed by atoms with Crippen LogP contribution in [0.5, 0.6) is 0 Å². The van der Waals surface area contributed by atoms with Crippen molar-refractivity contribution >= 4 is 22.4 Å². The summed E-state index contributed by atoms with van der Waals surface area (Å²) < 4.78 is 0. The highest BCUT2D eigenvalue weighted by Gasteiger charge is 2.28. The van der Waals surface area contributed by atoms with Crippen LogP contribution in [0.2, 0.25) is 5.02 Å². The molecule has 1 N–H and O–H groups in total. The monoisotopic (exact) mass is 259 g/mol. The summed E-state index contributed by atoms with van der Waals surface area (Å²) in [7, 11) is 2.06. The van der Waals surface area contributed by atoms with E-state index in [1.54, 1.807) is 0 Å². The Morgan fingerprint density at radius 1 is 1.11 bits per heavy atom. The molecule has 1 atom stereocenters. The molecular formula is C16H18ClN. The van der Waals surface area contributed by atoms with E-state index >= 15 is 0 Å². The van der Waals surface area contributed by atoms with Gasteiger partial charge >= 0.3 is 0 Å². The van der Waals surface area contributed by atoms with Gasteiger partial charge in [-0.2, -0.15) is 0 Å². The average Bonchev–Trinajstić information content (AvgIpc) is 2.35. The van der Waals surface area contributed by atoms with Crippen molar-refractivity contribution in [2.75, 3.05) is 7.05 Å². The fourth-order valence-corrected chi connectivity index (χ4v) is 3.20. The maximum atomic E-state index is 6.28. The molecule has 0 aromatic heterocycles. The lowest BCUT2D eigenvalue weighted by molar-refractivity contribution is 0.240. The molecule has 0 saturated heterocycles. The van der Waals surface area contributed by atoms with Gasteiger partial charge in [-0.25, -0.2) is 0 Å². The summed E-state index contributed by atoms with van der Waals surface area (Å²) in [4.78, 5) is 0. The fraction of sp³-hybridized carbons (Fsp3) is 0.375. The highest BCUT2D eigenvalue weighted by molar-refractivity contribution is 6.35. The van der Waals surface area contributed by atoms with Gasteiger partial charge in [0.2, 0.25) is 0 Å². The minimum atomic E-state index is 0.459. The topological polar surface area (TPSA) is 12.0 Å². The lowest BCUT2D eigenvalue weighted by atomic mass is 9.76. The minimum Gasteiger partial charge on any atom is -0.313 e. The summed E-state index contributed by atoms with van der Waals surface area (Å²) in [5, 5.41) is 6.79. The summed E-state index contributed by atoms with van der Waals surface area (Å²) in [6.07, 6.45) is 4.04. The Labute approximate surface area is 113 Å². The zero-order chi connectivity index (χ0) is 12.5. The van der Waals surface area contributed by atoms with E-state index in [0.29, 0.717) is 6.04 Å². The standard InChI is InChI=1S/C16H18ClN/c1-18-16(11-5-4-6-11)14-9-10-15(17)13-8-3-2-7-12(13)14/h2-3,7-11,16,18H,4-6H2,1H3. The fourth-order valence-electron chi connectivity index (χ4n) is 2.98. The van der Waals surface area contributed by atoms with Crippen molar-refractivity contribution in [3.05, 3.63) is 47.0 Å². The van der Waals surface area contributed by atoms with Crippen LogP contribution in [0, 0.1) is 5.92 Å². The summed E-state index contributed by atoms with van der Waals surface area (Å²) >= 11 is 6.28. The van der Waals surface area contributed by atoms with E-state index in [1.807, 2.05) is 6.07 Å². The molecule has 18 heavy (non-hydrogen) atoms. The predicted molar refractivity (Wildman–Crippen MR) is 78.1 cm³/mol. The molecular weight excluding hydrogens is 242 g/mol. The van der Waals surface area contributed by atoms with Gasteiger partial charge in [0.25, 0.3) is 0 Å². The Hall–Kier alpha value is -1.05. The first-order valence-corrected chi connectivity index (χ1v) is 7.03. The number of fused-ring (bicyclic) bond motifs is 1. The molecule has 1 fully saturated rings. The number of hydrogen-bond acceptors (Lipinski definition) is 1. The lowest BCUT2D eigenvalue weighted by Gasteiger charge is -2.34. The molecule has 0 spiro atoms. The summed E-state index contributed by atoms with van der Waals surface area (Å²) in [5.74, 6) is 0.777. The highest BCUT2D eigenvalue weighted by Crippen LogP contribution is 2.40. The van der Waals surface area contributed by atoms with Crippen LogP contribution in [0.3, 0.4) is 0 Å². The van der Waals surface area contributed by atoms with Crippen LogP contribution in [-0.2, 0) is 0 Å². The molecule has 2 aromatic carbocycles. The SMILES string of the molecule is CNC(c1ccc(Cl)c2ccccc12)C1CCC1. The highest BCUT2D eigenvalue weighted by atomic mass is 35.5. The molecule has 0 heterocycles. The molecule has 0 bridgehead atoms. The first-order valence-electron chi connectivity index (χ1n) is 6.65. The number of rotatable bonds is 3. The van der Waals surface area contributed by atoms with Gasteiger partial charge in [0.1, 0.15) is 0 Å². The van der Waals surface area contributed by atoms with E-state index in [2.05, 4.69) is 42.7 Å². The zero-order valence-corrected chi connectivity index (χ0v) is 11.4. The largest absolute Gasteiger partial charge is 0.313 e. The van der Waals surface area contributed by atoms with Gasteiger partial charge in [-0.15, -0.1) is 0 Å². The molecule has 3 rings (SSSR count). The third kappa shape index (κ3) is 1.92. The van der Waals surface area contributed by atoms with Crippen molar-refractivity contribution in [3.8, 4) is 0 Å². The van der Waals surface area contributed by atoms with Crippen LogP contribution in [0.25, 0.3) is 10.8 Å². The van der Waals surface area contributed by atoms with Crippen molar-refractivity contribution in [1.82, 2.24) is 5.32 Å². The molecule has 1 aliphatic rings. The average molecular weight is 260 g/mol. The Bertz CT molecular complexity index is 560. The van der Waals surface area contributed by atoms with Crippen LogP contribution in [0.4, 0.5) is 0 Å². The van der Waals surface area contributed by atoms with E-state index < -0.39 is 0 Å². The Morgan fingerprint density at radius 3 is 2.44 bits per heavy atom. The second-order valence-electron chi connectivity index (χ2n) is 5.14. The van der Waals surface area contributed by atoms with Crippen molar-refractivity contribution in [2.24, 2.45) is 5.92 Å². The van der Waals surface area contributed by atoms with E-state index in [9.17, 15) is 0 Å². The third-order valence-corrected chi connectivity index (χ3v) is 4.50. The van der Waals surface area contributed by atoms with Crippen LogP contribution >= 0.6 is 11.6 Å². The number of halogens is 1. The Morgan fingerprint density at radius 2 is 1.83 bits per heavy atom. The van der Waals surface area contributed by atoms with Crippen molar-refractivity contribution in [3.63, 3.8) is 0 Å². The quantitative estimate of drug-likeness (QED) is 0.852. The van der Waals surface area contributed by atoms with Gasteiger partial charge < -0.3 is 5.32 Å². The van der Waals surface area contributed by atoms with Crippen molar-refractivity contribution in [2.45, 2.75) is 25.3 Å². The van der Waals surface area contributed by atoms with Crippen molar-refractivity contribution < 1.29 is 0 Å². The minimum absolute atomic E-state index is 0.459. The summed E-state index contributed by atoms with van der Waals surface area (Å²) in [6, 6.07) is 13.1. The molecule has 0 radical (unpaired) electrons. The summed E-state index contributed by atoms with van der Waals surface area (Å²) in [5.41, 5.74) is 1.39. The molecule has 1 saturated carbocycles. The lowest BCUT2D eigenvalue weighted by Crippen LogP contribution is -2.29. The van der Waals surface area contributed by atoms with E-state index in [4.69, 9.17) is 11.6 Å². The maximum absolute atomic E-state index is 6.28. The van der Waals surface area contributed by atoms with Crippen LogP contribution in [0.1, 0.15) is 30.9 Å². The molecule has 94 valence electrons. The number of hydrogen-bond donors (Lipinski definition) is 1. The predicted octanol–water partition coefficient (Wildman–Crippen LogP) is 4.55. The Balaban J connectivity index is 2.13. The first-order chi connectivity index (χ1) is 8.81. The molecule has 2 heteroatoms.